The van der Waals surface area contributed by atoms with Crippen molar-refractivity contribution in [1.82, 2.24) is 5.32 Å². The zero-order chi connectivity index (χ0) is 13.5. The number of amidine groups is 1. The summed E-state index contributed by atoms with van der Waals surface area (Å²) in [6.07, 6.45) is 3.21. The zero-order valence-corrected chi connectivity index (χ0v) is 13.7. The fourth-order valence-electron chi connectivity index (χ4n) is 3.30. The van der Waals surface area contributed by atoms with Crippen LogP contribution in [0.4, 0.5) is 10.1 Å². The summed E-state index contributed by atoms with van der Waals surface area (Å²) in [5.41, 5.74) is 7.59. The van der Waals surface area contributed by atoms with Crippen LogP contribution in [0.3, 0.4) is 0 Å². The summed E-state index contributed by atoms with van der Waals surface area (Å²) in [7, 11) is 1.94. The summed E-state index contributed by atoms with van der Waals surface area (Å²) in [5, 5.41) is 3.13. The maximum Gasteiger partial charge on any atom is 0.174 e. The van der Waals surface area contributed by atoms with Crippen molar-refractivity contribution in [2.75, 3.05) is 13.6 Å². The molecule has 2 atom stereocenters. The molecule has 21 heavy (non-hydrogen) atoms. The van der Waals surface area contributed by atoms with E-state index in [1.165, 1.54) is 5.56 Å². The topological polar surface area (TPSA) is 50.4 Å². The minimum atomic E-state index is -1.40. The van der Waals surface area contributed by atoms with Gasteiger partial charge in [-0.1, -0.05) is 12.1 Å². The predicted molar refractivity (Wildman–Crippen MR) is 90.3 cm³/mol. The van der Waals surface area contributed by atoms with Crippen LogP contribution in [-0.4, -0.2) is 25.1 Å². The van der Waals surface area contributed by atoms with Crippen LogP contribution < -0.4 is 11.1 Å². The van der Waals surface area contributed by atoms with Crippen LogP contribution in [0.15, 0.2) is 23.2 Å². The van der Waals surface area contributed by atoms with E-state index in [1.54, 1.807) is 0 Å². The van der Waals surface area contributed by atoms with Crippen molar-refractivity contribution in [3.8, 4) is 0 Å². The molecule has 0 amide bonds. The summed E-state index contributed by atoms with van der Waals surface area (Å²) < 4.78 is 14.9. The molecule has 1 heterocycles. The molecule has 0 saturated heterocycles. The summed E-state index contributed by atoms with van der Waals surface area (Å²) >= 11 is 0. The van der Waals surface area contributed by atoms with E-state index in [1.807, 2.05) is 13.1 Å². The number of nitrogens with zero attached hydrogens (tertiary/aromatic N) is 1. The second-order valence-electron chi connectivity index (χ2n) is 5.55. The molecule has 3 nitrogen and oxygen atoms in total. The Morgan fingerprint density at radius 2 is 2.19 bits per heavy atom. The van der Waals surface area contributed by atoms with Gasteiger partial charge < -0.3 is 11.1 Å². The van der Waals surface area contributed by atoms with E-state index in [0.717, 1.165) is 37.1 Å². The van der Waals surface area contributed by atoms with Crippen LogP contribution in [0.5, 0.6) is 0 Å². The smallest absolute Gasteiger partial charge is 0.174 e. The van der Waals surface area contributed by atoms with E-state index < -0.39 is 5.67 Å². The second-order valence-corrected chi connectivity index (χ2v) is 5.55. The average molecular weight is 334 g/mol. The van der Waals surface area contributed by atoms with E-state index in [-0.39, 0.29) is 36.6 Å². The minimum Gasteiger partial charge on any atom is -0.384 e. The number of alkyl halides is 1. The van der Waals surface area contributed by atoms with Crippen molar-refractivity contribution in [3.63, 3.8) is 0 Å². The van der Waals surface area contributed by atoms with Gasteiger partial charge in [-0.3, -0.25) is 0 Å². The predicted octanol–water partition coefficient (Wildman–Crippen LogP) is 3.27. The average Bonchev–Trinajstić information content (AvgIpc) is 2.80. The summed E-state index contributed by atoms with van der Waals surface area (Å²) in [6, 6.07) is 6.18. The Labute approximate surface area is 137 Å². The first-order valence-corrected chi connectivity index (χ1v) is 6.96. The van der Waals surface area contributed by atoms with Gasteiger partial charge in [-0.2, -0.15) is 0 Å². The van der Waals surface area contributed by atoms with Crippen LogP contribution in [0.1, 0.15) is 36.3 Å². The first-order chi connectivity index (χ1) is 9.15. The normalized spacial score (nSPS) is 26.0. The lowest BCUT2D eigenvalue weighted by molar-refractivity contribution is 0.232. The van der Waals surface area contributed by atoms with Gasteiger partial charge in [0, 0.05) is 5.92 Å². The van der Waals surface area contributed by atoms with Gasteiger partial charge in [0.05, 0.1) is 5.69 Å². The van der Waals surface area contributed by atoms with E-state index >= 15 is 0 Å². The van der Waals surface area contributed by atoms with E-state index in [0.29, 0.717) is 6.42 Å². The van der Waals surface area contributed by atoms with Gasteiger partial charge in [-0.15, -0.1) is 24.8 Å². The van der Waals surface area contributed by atoms with Gasteiger partial charge in [0.25, 0.3) is 0 Å². The molecule has 3 rings (SSSR count). The van der Waals surface area contributed by atoms with Crippen LogP contribution >= 0.6 is 24.8 Å². The van der Waals surface area contributed by atoms with Crippen molar-refractivity contribution in [2.24, 2.45) is 10.7 Å². The highest BCUT2D eigenvalue weighted by Crippen LogP contribution is 2.51. The molecule has 1 aromatic rings. The molecule has 0 spiro atoms. The number of halogens is 3. The number of hydrogen-bond donors (Lipinski definition) is 2. The standard InChI is InChI=1S/C15H20FN3.2ClH/c1-18-8-6-10-4-5-11-12-3-2-7-15(12,16)14(17)19-13(11)9-10;;/h4-5,9,12,18H,2-3,6-8H2,1H3,(H2,17,19);2*1H. The number of likely N-dealkylation sites (N-methyl/N-ethyl adjacent to an activating group) is 1. The highest BCUT2D eigenvalue weighted by atomic mass is 35.5. The van der Waals surface area contributed by atoms with Gasteiger partial charge in [0.2, 0.25) is 0 Å². The number of rotatable bonds is 3. The fourth-order valence-corrected chi connectivity index (χ4v) is 3.30. The number of nitrogens with two attached hydrogens (primary N) is 1. The third-order valence-corrected chi connectivity index (χ3v) is 4.39. The number of nitrogens with one attached hydrogen (secondary N) is 1. The molecule has 0 aromatic heterocycles. The molecule has 0 bridgehead atoms. The third-order valence-electron chi connectivity index (χ3n) is 4.39. The molecule has 1 aromatic carbocycles. The molecule has 0 radical (unpaired) electrons. The van der Waals surface area contributed by atoms with Gasteiger partial charge in [0.1, 0.15) is 5.84 Å². The van der Waals surface area contributed by atoms with Crippen molar-refractivity contribution >= 4 is 36.3 Å². The first kappa shape index (κ1) is 18.2. The molecule has 118 valence electrons. The van der Waals surface area contributed by atoms with Crippen LogP contribution in [0.2, 0.25) is 0 Å². The third kappa shape index (κ3) is 3.03. The molecule has 6 heteroatoms. The Balaban J connectivity index is 0.00000110. The Morgan fingerprint density at radius 3 is 2.90 bits per heavy atom. The van der Waals surface area contributed by atoms with Crippen LogP contribution in [-0.2, 0) is 6.42 Å². The molecule has 2 unspecified atom stereocenters. The van der Waals surface area contributed by atoms with Crippen LogP contribution in [0.25, 0.3) is 0 Å². The molecule has 2 aliphatic rings. The monoisotopic (exact) mass is 333 g/mol. The number of aliphatic imine (C=N–C) groups is 1. The lowest BCUT2D eigenvalue weighted by atomic mass is 9.82. The highest BCUT2D eigenvalue weighted by Gasteiger charge is 2.50. The minimum absolute atomic E-state index is 0. The van der Waals surface area contributed by atoms with Crippen molar-refractivity contribution < 1.29 is 4.39 Å². The number of fused-ring (bicyclic) bond motifs is 3. The van der Waals surface area contributed by atoms with Crippen molar-refractivity contribution in [2.45, 2.75) is 37.3 Å². The van der Waals surface area contributed by atoms with Crippen molar-refractivity contribution in [3.05, 3.63) is 29.3 Å². The largest absolute Gasteiger partial charge is 0.384 e. The second kappa shape index (κ2) is 6.95. The molecule has 1 aliphatic heterocycles. The highest BCUT2D eigenvalue weighted by molar-refractivity contribution is 5.95. The van der Waals surface area contributed by atoms with Crippen LogP contribution in [0, 0.1) is 0 Å². The summed E-state index contributed by atoms with van der Waals surface area (Å²) in [5.74, 6) is 0.0756. The number of hydrogen-bond acceptors (Lipinski definition) is 3. The van der Waals surface area contributed by atoms with E-state index in [9.17, 15) is 4.39 Å². The summed E-state index contributed by atoms with van der Waals surface area (Å²) in [4.78, 5) is 4.33. The maximum absolute atomic E-state index is 14.9. The maximum atomic E-state index is 14.9. The van der Waals surface area contributed by atoms with Gasteiger partial charge in [0.15, 0.2) is 5.67 Å². The van der Waals surface area contributed by atoms with E-state index in [4.69, 9.17) is 5.73 Å². The lowest BCUT2D eigenvalue weighted by Crippen LogP contribution is -2.43. The first-order valence-electron chi connectivity index (χ1n) is 6.96. The Hall–Kier alpha value is -0.840. The van der Waals surface area contributed by atoms with Gasteiger partial charge in [-0.05, 0) is 56.5 Å². The van der Waals surface area contributed by atoms with E-state index in [2.05, 4.69) is 22.4 Å². The SMILES string of the molecule is CNCCc1ccc2c(c1)N=C(N)C1(F)CCCC21.Cl.Cl. The Kier molecular flexibility index (Phi) is 6.02. The Bertz CT molecular complexity index is 536. The van der Waals surface area contributed by atoms with Gasteiger partial charge in [-0.25, -0.2) is 9.38 Å². The quantitative estimate of drug-likeness (QED) is 0.891. The molecular formula is C15H22Cl2FN3. The zero-order valence-electron chi connectivity index (χ0n) is 12.1. The molecule has 1 saturated carbocycles. The fraction of sp³-hybridized carbons (Fsp3) is 0.533. The molecule has 1 fully saturated rings. The molecule has 1 aliphatic carbocycles. The van der Waals surface area contributed by atoms with Gasteiger partial charge >= 0.3 is 0 Å². The Morgan fingerprint density at radius 1 is 1.43 bits per heavy atom. The molecule has 3 N–H and O–H groups in total. The summed E-state index contributed by atoms with van der Waals surface area (Å²) in [6.45, 7) is 0.925. The lowest BCUT2D eigenvalue weighted by Gasteiger charge is -2.32. The van der Waals surface area contributed by atoms with Crippen molar-refractivity contribution in [1.29, 1.82) is 0 Å². The molecular weight excluding hydrogens is 312 g/mol. The number of benzene rings is 1.